The number of hydrogen-bond donors (Lipinski definition) is 1. The van der Waals surface area contributed by atoms with Crippen molar-refractivity contribution in [3.8, 4) is 0 Å². The molecule has 5 nitrogen and oxygen atoms in total. The first-order chi connectivity index (χ1) is 3.00. The van der Waals surface area contributed by atoms with Gasteiger partial charge in [-0.3, -0.25) is 0 Å². The largest absolute Gasteiger partial charge is 0.344 e. The van der Waals surface area contributed by atoms with Crippen LogP contribution in [0.2, 0.25) is 0 Å². The van der Waals surface area contributed by atoms with Gasteiger partial charge < -0.3 is 6.15 Å². The molecule has 0 aromatic carbocycles. The molecule has 3 N–H and O–H groups in total. The van der Waals surface area contributed by atoms with Crippen LogP contribution in [0.5, 0.6) is 0 Å². The molecule has 1 heterocycles. The second-order valence-electron chi connectivity index (χ2n) is 0.708. The lowest BCUT2D eigenvalue weighted by molar-refractivity contribution is 0.761. The Labute approximate surface area is 40.4 Å². The predicted molar refractivity (Wildman–Crippen MR) is 22.6 cm³/mol. The molecule has 0 unspecified atom stereocenters. The van der Waals surface area contributed by atoms with E-state index in [2.05, 4.69) is 20.6 Å². The summed E-state index contributed by atoms with van der Waals surface area (Å²) in [6.07, 6.45) is 2.93. The van der Waals surface area contributed by atoms with E-state index in [0.717, 1.165) is 0 Å². The third kappa shape index (κ3) is 1.72. The van der Waals surface area contributed by atoms with Crippen LogP contribution < -0.4 is 6.15 Å². The second kappa shape index (κ2) is 3.10. The minimum atomic E-state index is 0. The van der Waals surface area contributed by atoms with Gasteiger partial charge in [-0.25, -0.2) is 0 Å². The van der Waals surface area contributed by atoms with Crippen LogP contribution in [0, 0.1) is 0 Å². The minimum absolute atomic E-state index is 0. The summed E-state index contributed by atoms with van der Waals surface area (Å²) in [5.41, 5.74) is 0. The zero-order valence-corrected chi connectivity index (χ0v) is 3.65. The van der Waals surface area contributed by atoms with Crippen LogP contribution in [0.1, 0.15) is 0 Å². The summed E-state index contributed by atoms with van der Waals surface area (Å²) in [7, 11) is 0. The molecule has 5 heteroatoms. The van der Waals surface area contributed by atoms with Gasteiger partial charge in [0, 0.05) is 0 Å². The van der Waals surface area contributed by atoms with Crippen LogP contribution in [-0.2, 0) is 0 Å². The van der Waals surface area contributed by atoms with Gasteiger partial charge >= 0.3 is 0 Å². The highest BCUT2D eigenvalue weighted by molar-refractivity contribution is 4.52. The first kappa shape index (κ1) is 5.90. The molecule has 0 amide bonds. The molecule has 1 aromatic rings. The maximum absolute atomic E-state index is 3.36. The van der Waals surface area contributed by atoms with Crippen molar-refractivity contribution < 1.29 is 0 Å². The Morgan fingerprint density at radius 2 is 1.29 bits per heavy atom. The van der Waals surface area contributed by atoms with E-state index in [1.807, 2.05) is 0 Å². The Bertz CT molecular complexity index is 78.0. The molecule has 0 bridgehead atoms. The van der Waals surface area contributed by atoms with Gasteiger partial charge in [0.05, 0.1) is 12.4 Å². The van der Waals surface area contributed by atoms with E-state index in [-0.39, 0.29) is 6.15 Å². The fourth-order valence-electron chi connectivity index (χ4n) is 0.165. The SMILES string of the molecule is N.c1cnnnn1. The lowest BCUT2D eigenvalue weighted by Gasteiger charge is -1.67. The third-order valence-corrected chi connectivity index (χ3v) is 0.343. The van der Waals surface area contributed by atoms with Crippen molar-refractivity contribution in [2.45, 2.75) is 0 Å². The molecule has 0 spiro atoms. The normalized spacial score (nSPS) is 6.86. The average molecular weight is 99.1 g/mol. The van der Waals surface area contributed by atoms with Crippen molar-refractivity contribution in [2.24, 2.45) is 0 Å². The zero-order chi connectivity index (χ0) is 4.24. The van der Waals surface area contributed by atoms with Crippen LogP contribution in [0.3, 0.4) is 0 Å². The maximum atomic E-state index is 3.36. The molecule has 1 aromatic heterocycles. The standard InChI is InChI=1S/C2H2N4.H3N/c1-2-4-6-5-3-1;/h1-2H;1H3. The molecule has 0 saturated carbocycles. The van der Waals surface area contributed by atoms with E-state index >= 15 is 0 Å². The van der Waals surface area contributed by atoms with Gasteiger partial charge in [-0.1, -0.05) is 0 Å². The second-order valence-corrected chi connectivity index (χ2v) is 0.708. The fraction of sp³-hybridized carbons (Fsp3) is 0. The molecule has 0 aliphatic carbocycles. The van der Waals surface area contributed by atoms with E-state index < -0.39 is 0 Å². The van der Waals surface area contributed by atoms with Crippen LogP contribution in [0.15, 0.2) is 12.4 Å². The van der Waals surface area contributed by atoms with Gasteiger partial charge in [-0.05, 0) is 10.4 Å². The molecular weight excluding hydrogens is 94.1 g/mol. The lowest BCUT2D eigenvalue weighted by Crippen LogP contribution is -1.84. The molecule has 0 radical (unpaired) electrons. The van der Waals surface area contributed by atoms with E-state index in [0.29, 0.717) is 0 Å². The number of nitrogens with zero attached hydrogens (tertiary/aromatic N) is 4. The summed E-state index contributed by atoms with van der Waals surface area (Å²) < 4.78 is 0. The monoisotopic (exact) mass is 99.1 g/mol. The maximum Gasteiger partial charge on any atom is 0.0716 e. The molecule has 0 fully saturated rings. The highest BCUT2D eigenvalue weighted by atomic mass is 15.4. The van der Waals surface area contributed by atoms with Gasteiger partial charge in [-0.15, -0.1) is 10.2 Å². The Morgan fingerprint density at radius 1 is 0.857 bits per heavy atom. The Kier molecular flexibility index (Phi) is 2.62. The minimum Gasteiger partial charge on any atom is -0.344 e. The van der Waals surface area contributed by atoms with E-state index in [9.17, 15) is 0 Å². The first-order valence-corrected chi connectivity index (χ1v) is 1.45. The topological polar surface area (TPSA) is 86.6 Å². The summed E-state index contributed by atoms with van der Waals surface area (Å²) >= 11 is 0. The van der Waals surface area contributed by atoms with Crippen molar-refractivity contribution in [1.82, 2.24) is 26.8 Å². The van der Waals surface area contributed by atoms with Gasteiger partial charge in [0.2, 0.25) is 0 Å². The summed E-state index contributed by atoms with van der Waals surface area (Å²) in [6.45, 7) is 0. The summed E-state index contributed by atoms with van der Waals surface area (Å²) in [4.78, 5) is 0. The molecule has 0 aliphatic heterocycles. The molecule has 38 valence electrons. The Balaban J connectivity index is 0.000000360. The molecular formula is C2H5N5. The quantitative estimate of drug-likeness (QED) is 0.470. The molecule has 0 aliphatic rings. The van der Waals surface area contributed by atoms with Crippen LogP contribution in [-0.4, -0.2) is 20.6 Å². The Hall–Kier alpha value is -1.10. The van der Waals surface area contributed by atoms with Crippen molar-refractivity contribution in [3.05, 3.63) is 12.4 Å². The van der Waals surface area contributed by atoms with E-state index in [1.54, 1.807) is 0 Å². The number of rotatable bonds is 0. The highest BCUT2D eigenvalue weighted by Crippen LogP contribution is 1.53. The summed E-state index contributed by atoms with van der Waals surface area (Å²) in [6, 6.07) is 0. The smallest absolute Gasteiger partial charge is 0.0716 e. The van der Waals surface area contributed by atoms with Crippen molar-refractivity contribution >= 4 is 0 Å². The zero-order valence-electron chi connectivity index (χ0n) is 3.65. The van der Waals surface area contributed by atoms with Crippen molar-refractivity contribution in [1.29, 1.82) is 0 Å². The summed E-state index contributed by atoms with van der Waals surface area (Å²) in [5, 5.41) is 13.1. The lowest BCUT2D eigenvalue weighted by atomic mass is 11.0. The van der Waals surface area contributed by atoms with E-state index in [4.69, 9.17) is 0 Å². The first-order valence-electron chi connectivity index (χ1n) is 1.45. The fourth-order valence-corrected chi connectivity index (χ4v) is 0.165. The predicted octanol–water partition coefficient (Wildman–Crippen LogP) is -0.571. The van der Waals surface area contributed by atoms with Crippen LogP contribution in [0.25, 0.3) is 0 Å². The van der Waals surface area contributed by atoms with Gasteiger partial charge in [-0.2, -0.15) is 0 Å². The van der Waals surface area contributed by atoms with E-state index in [1.165, 1.54) is 12.4 Å². The summed E-state index contributed by atoms with van der Waals surface area (Å²) in [5.74, 6) is 0. The molecule has 1 rings (SSSR count). The highest BCUT2D eigenvalue weighted by Gasteiger charge is 1.61. The van der Waals surface area contributed by atoms with Gasteiger partial charge in [0.15, 0.2) is 0 Å². The van der Waals surface area contributed by atoms with Crippen LogP contribution >= 0.6 is 0 Å². The average Bonchev–Trinajstić information content (AvgIpc) is 1.72. The van der Waals surface area contributed by atoms with Crippen molar-refractivity contribution in [3.63, 3.8) is 0 Å². The molecule has 7 heavy (non-hydrogen) atoms. The molecule has 0 saturated heterocycles. The third-order valence-electron chi connectivity index (χ3n) is 0.343. The van der Waals surface area contributed by atoms with Crippen LogP contribution in [0.4, 0.5) is 0 Å². The van der Waals surface area contributed by atoms with Gasteiger partial charge in [0.1, 0.15) is 0 Å². The van der Waals surface area contributed by atoms with Crippen molar-refractivity contribution in [2.75, 3.05) is 0 Å². The molecule has 0 atom stereocenters. The number of aromatic nitrogens is 4. The Morgan fingerprint density at radius 3 is 1.43 bits per heavy atom. The van der Waals surface area contributed by atoms with Gasteiger partial charge in [0.25, 0.3) is 0 Å². The number of hydrogen-bond acceptors (Lipinski definition) is 5.